The number of hydrogen-bond donors (Lipinski definition) is 1. The number of carbonyl (C=O) groups excluding carboxylic acids is 2. The summed E-state index contributed by atoms with van der Waals surface area (Å²) in [5.41, 5.74) is 3.10. The van der Waals surface area contributed by atoms with Gasteiger partial charge in [0.15, 0.2) is 0 Å². The number of ether oxygens (including phenoxy) is 2. The molecule has 0 aliphatic carbocycles. The third kappa shape index (κ3) is 3.64. The molecule has 0 radical (unpaired) electrons. The maximum atomic E-state index is 13.6. The van der Waals surface area contributed by atoms with E-state index in [1.54, 1.807) is 42.5 Å². The molecule has 1 heterocycles. The summed E-state index contributed by atoms with van der Waals surface area (Å²) in [6.45, 7) is 1.96. The minimum atomic E-state index is -0.461. The predicted octanol–water partition coefficient (Wildman–Crippen LogP) is 4.41. The molecule has 3 aromatic rings. The molecule has 0 saturated carbocycles. The van der Waals surface area contributed by atoms with E-state index in [-0.39, 0.29) is 11.3 Å². The molecule has 0 saturated heterocycles. The number of benzene rings is 3. The SMILES string of the molecule is COc1ccccc1C1=C(Nc2cccc(C)c2)C(=O)N(c2ccccc2OC)C1=O. The van der Waals surface area contributed by atoms with E-state index in [2.05, 4.69) is 5.32 Å². The van der Waals surface area contributed by atoms with Gasteiger partial charge in [-0.25, -0.2) is 4.90 Å². The second kappa shape index (κ2) is 8.36. The topological polar surface area (TPSA) is 67.9 Å². The third-order valence-electron chi connectivity index (χ3n) is 5.07. The molecule has 1 aliphatic heterocycles. The van der Waals surface area contributed by atoms with E-state index in [0.29, 0.717) is 28.4 Å². The molecule has 1 aliphatic rings. The number of nitrogens with zero attached hydrogens (tertiary/aromatic N) is 1. The van der Waals surface area contributed by atoms with Gasteiger partial charge in [0.05, 0.1) is 25.5 Å². The van der Waals surface area contributed by atoms with E-state index < -0.39 is 11.8 Å². The lowest BCUT2D eigenvalue weighted by Gasteiger charge is -2.18. The first-order chi connectivity index (χ1) is 15.0. The van der Waals surface area contributed by atoms with Crippen LogP contribution in [-0.4, -0.2) is 26.0 Å². The van der Waals surface area contributed by atoms with Crippen molar-refractivity contribution in [3.05, 3.63) is 89.6 Å². The number of carbonyl (C=O) groups is 2. The minimum absolute atomic E-state index is 0.186. The highest BCUT2D eigenvalue weighted by atomic mass is 16.5. The molecule has 3 aromatic carbocycles. The van der Waals surface area contributed by atoms with Crippen molar-refractivity contribution in [1.29, 1.82) is 0 Å². The van der Waals surface area contributed by atoms with Crippen molar-refractivity contribution >= 4 is 28.8 Å². The Bertz CT molecular complexity index is 1200. The Morgan fingerprint density at radius 1 is 0.774 bits per heavy atom. The Morgan fingerprint density at radius 3 is 2.16 bits per heavy atom. The molecule has 6 heteroatoms. The van der Waals surface area contributed by atoms with Crippen LogP contribution in [0.3, 0.4) is 0 Å². The Morgan fingerprint density at radius 2 is 1.45 bits per heavy atom. The number of anilines is 2. The van der Waals surface area contributed by atoms with Crippen molar-refractivity contribution < 1.29 is 19.1 Å². The second-order valence-electron chi connectivity index (χ2n) is 7.06. The zero-order valence-electron chi connectivity index (χ0n) is 17.5. The van der Waals surface area contributed by atoms with E-state index in [4.69, 9.17) is 9.47 Å². The summed E-state index contributed by atoms with van der Waals surface area (Å²) >= 11 is 0. The molecular formula is C25H22N2O4. The molecule has 6 nitrogen and oxygen atoms in total. The molecule has 0 unspecified atom stereocenters. The normalized spacial score (nSPS) is 13.6. The van der Waals surface area contributed by atoms with Crippen LogP contribution in [0.15, 0.2) is 78.5 Å². The summed E-state index contributed by atoms with van der Waals surface area (Å²) in [7, 11) is 3.04. The molecule has 31 heavy (non-hydrogen) atoms. The fraction of sp³-hybridized carbons (Fsp3) is 0.120. The average molecular weight is 414 g/mol. The van der Waals surface area contributed by atoms with Crippen LogP contribution in [0, 0.1) is 6.92 Å². The third-order valence-corrected chi connectivity index (χ3v) is 5.07. The van der Waals surface area contributed by atoms with E-state index in [1.165, 1.54) is 14.2 Å². The van der Waals surface area contributed by atoms with Gasteiger partial charge in [0, 0.05) is 11.3 Å². The summed E-state index contributed by atoms with van der Waals surface area (Å²) in [4.78, 5) is 28.3. The lowest BCUT2D eigenvalue weighted by atomic mass is 10.0. The average Bonchev–Trinajstić information content (AvgIpc) is 3.02. The molecule has 0 bridgehead atoms. The summed E-state index contributed by atoms with van der Waals surface area (Å²) in [5.74, 6) is 0.0236. The highest BCUT2D eigenvalue weighted by Crippen LogP contribution is 2.40. The van der Waals surface area contributed by atoms with Gasteiger partial charge < -0.3 is 14.8 Å². The van der Waals surface area contributed by atoms with E-state index in [1.807, 2.05) is 37.3 Å². The number of imide groups is 1. The van der Waals surface area contributed by atoms with E-state index in [9.17, 15) is 9.59 Å². The fourth-order valence-corrected chi connectivity index (χ4v) is 3.65. The number of hydrogen-bond acceptors (Lipinski definition) is 5. The fourth-order valence-electron chi connectivity index (χ4n) is 3.65. The van der Waals surface area contributed by atoms with Crippen LogP contribution in [0.2, 0.25) is 0 Å². The van der Waals surface area contributed by atoms with Gasteiger partial charge in [0.25, 0.3) is 11.8 Å². The lowest BCUT2D eigenvalue weighted by Crippen LogP contribution is -2.32. The number of methoxy groups -OCH3 is 2. The van der Waals surface area contributed by atoms with E-state index >= 15 is 0 Å². The van der Waals surface area contributed by atoms with Gasteiger partial charge in [-0.05, 0) is 42.8 Å². The molecule has 0 fully saturated rings. The van der Waals surface area contributed by atoms with Crippen molar-refractivity contribution in [2.75, 3.05) is 24.4 Å². The molecule has 0 atom stereocenters. The largest absolute Gasteiger partial charge is 0.496 e. The zero-order chi connectivity index (χ0) is 22.0. The van der Waals surface area contributed by atoms with Gasteiger partial charge in [-0.3, -0.25) is 9.59 Å². The van der Waals surface area contributed by atoms with Crippen LogP contribution in [0.25, 0.3) is 5.57 Å². The van der Waals surface area contributed by atoms with Crippen LogP contribution in [0.1, 0.15) is 11.1 Å². The zero-order valence-corrected chi connectivity index (χ0v) is 17.5. The number of nitrogens with one attached hydrogen (secondary N) is 1. The molecular weight excluding hydrogens is 392 g/mol. The first kappa shape index (κ1) is 20.2. The quantitative estimate of drug-likeness (QED) is 0.605. The van der Waals surface area contributed by atoms with Crippen molar-refractivity contribution in [2.24, 2.45) is 0 Å². The Balaban J connectivity index is 1.89. The summed E-state index contributed by atoms with van der Waals surface area (Å²) in [6, 6.07) is 21.7. The van der Waals surface area contributed by atoms with Crippen LogP contribution in [0.4, 0.5) is 11.4 Å². The van der Waals surface area contributed by atoms with Gasteiger partial charge in [0.1, 0.15) is 17.2 Å². The Labute approximate surface area is 180 Å². The number of rotatable bonds is 6. The van der Waals surface area contributed by atoms with Gasteiger partial charge in [-0.1, -0.05) is 42.5 Å². The minimum Gasteiger partial charge on any atom is -0.496 e. The molecule has 0 spiro atoms. The van der Waals surface area contributed by atoms with Crippen molar-refractivity contribution in [3.63, 3.8) is 0 Å². The first-order valence-corrected chi connectivity index (χ1v) is 9.78. The van der Waals surface area contributed by atoms with Gasteiger partial charge in [-0.15, -0.1) is 0 Å². The van der Waals surface area contributed by atoms with Crippen LogP contribution in [-0.2, 0) is 9.59 Å². The maximum absolute atomic E-state index is 13.6. The van der Waals surface area contributed by atoms with Crippen molar-refractivity contribution in [3.8, 4) is 11.5 Å². The smallest absolute Gasteiger partial charge is 0.282 e. The Hall–Kier alpha value is -4.06. The standard InChI is InChI=1S/C25H22N2O4/c1-16-9-8-10-17(15-16)26-23-22(18-11-4-6-13-20(18)30-2)24(28)27(25(23)29)19-12-5-7-14-21(19)31-3/h4-15,26H,1-3H3. The van der Waals surface area contributed by atoms with Crippen LogP contribution in [0.5, 0.6) is 11.5 Å². The molecule has 1 N–H and O–H groups in total. The highest BCUT2D eigenvalue weighted by molar-refractivity contribution is 6.46. The van der Waals surface area contributed by atoms with Crippen molar-refractivity contribution in [2.45, 2.75) is 6.92 Å². The molecule has 2 amide bonds. The number of para-hydroxylation sites is 3. The predicted molar refractivity (Wildman–Crippen MR) is 120 cm³/mol. The van der Waals surface area contributed by atoms with Crippen LogP contribution >= 0.6 is 0 Å². The number of aryl methyl sites for hydroxylation is 1. The van der Waals surface area contributed by atoms with Crippen LogP contribution < -0.4 is 19.7 Å². The van der Waals surface area contributed by atoms with Gasteiger partial charge >= 0.3 is 0 Å². The molecule has 156 valence electrons. The second-order valence-corrected chi connectivity index (χ2v) is 7.06. The van der Waals surface area contributed by atoms with Gasteiger partial charge in [-0.2, -0.15) is 0 Å². The summed E-state index contributed by atoms with van der Waals surface area (Å²) in [5, 5.41) is 3.17. The lowest BCUT2D eigenvalue weighted by molar-refractivity contribution is -0.120. The first-order valence-electron chi connectivity index (χ1n) is 9.78. The monoisotopic (exact) mass is 414 g/mol. The summed E-state index contributed by atoms with van der Waals surface area (Å²) < 4.78 is 10.9. The van der Waals surface area contributed by atoms with Crippen molar-refractivity contribution in [1.82, 2.24) is 0 Å². The Kier molecular flexibility index (Phi) is 5.45. The highest BCUT2D eigenvalue weighted by Gasteiger charge is 2.42. The summed E-state index contributed by atoms with van der Waals surface area (Å²) in [6.07, 6.45) is 0. The maximum Gasteiger partial charge on any atom is 0.282 e. The molecule has 4 rings (SSSR count). The number of amides is 2. The van der Waals surface area contributed by atoms with E-state index in [0.717, 1.165) is 10.5 Å². The van der Waals surface area contributed by atoms with Gasteiger partial charge in [0.2, 0.25) is 0 Å². The molecule has 0 aromatic heterocycles.